The van der Waals surface area contributed by atoms with Crippen LogP contribution in [-0.4, -0.2) is 35.7 Å². The minimum Gasteiger partial charge on any atom is -0.342 e. The van der Waals surface area contributed by atoms with Crippen LogP contribution in [0.3, 0.4) is 0 Å². The van der Waals surface area contributed by atoms with Gasteiger partial charge >= 0.3 is 0 Å². The smallest absolute Gasteiger partial charge is 0.234 e. The number of hydrogen-bond acceptors (Lipinski definition) is 6. The van der Waals surface area contributed by atoms with E-state index in [9.17, 15) is 4.79 Å². The van der Waals surface area contributed by atoms with Gasteiger partial charge in [-0.25, -0.2) is 0 Å². The van der Waals surface area contributed by atoms with Gasteiger partial charge in [0.1, 0.15) is 6.54 Å². The summed E-state index contributed by atoms with van der Waals surface area (Å²) in [4.78, 5) is 15.1. The third kappa shape index (κ3) is 4.52. The lowest BCUT2D eigenvalue weighted by Gasteiger charge is -2.01. The van der Waals surface area contributed by atoms with Crippen molar-refractivity contribution in [2.24, 2.45) is 0 Å². The van der Waals surface area contributed by atoms with E-state index >= 15 is 0 Å². The summed E-state index contributed by atoms with van der Waals surface area (Å²) in [5, 5.41) is 17.2. The standard InChI is InChI=1S/C9H13N5O2/c1-7-13-9(16-14-7)2-4-11-6-8(15)12-5-3-10/h11H,2,4-6H2,1H3,(H,12,15). The van der Waals surface area contributed by atoms with Gasteiger partial charge in [-0.2, -0.15) is 10.2 Å². The van der Waals surface area contributed by atoms with Gasteiger partial charge in [0.05, 0.1) is 12.6 Å². The molecule has 2 N–H and O–H groups in total. The van der Waals surface area contributed by atoms with Gasteiger partial charge in [0.25, 0.3) is 0 Å². The third-order valence-corrected chi connectivity index (χ3v) is 1.74. The molecule has 1 aromatic heterocycles. The Morgan fingerprint density at radius 3 is 3.06 bits per heavy atom. The average Bonchev–Trinajstić information content (AvgIpc) is 2.67. The summed E-state index contributed by atoms with van der Waals surface area (Å²) in [7, 11) is 0. The number of amides is 1. The second kappa shape index (κ2) is 6.53. The summed E-state index contributed by atoms with van der Waals surface area (Å²) in [6, 6.07) is 1.82. The quantitative estimate of drug-likeness (QED) is 0.481. The van der Waals surface area contributed by atoms with Crippen LogP contribution in [0.4, 0.5) is 0 Å². The first kappa shape index (κ1) is 12.1. The molecule has 7 nitrogen and oxygen atoms in total. The van der Waals surface area contributed by atoms with E-state index in [0.717, 1.165) is 0 Å². The number of aromatic nitrogens is 2. The van der Waals surface area contributed by atoms with Crippen LogP contribution >= 0.6 is 0 Å². The van der Waals surface area contributed by atoms with Crippen molar-refractivity contribution in [2.45, 2.75) is 13.3 Å². The second-order valence-electron chi connectivity index (χ2n) is 3.10. The van der Waals surface area contributed by atoms with Gasteiger partial charge in [-0.1, -0.05) is 5.16 Å². The van der Waals surface area contributed by atoms with Crippen LogP contribution in [0.25, 0.3) is 0 Å². The van der Waals surface area contributed by atoms with Crippen molar-refractivity contribution in [3.63, 3.8) is 0 Å². The van der Waals surface area contributed by atoms with Crippen LogP contribution in [0.1, 0.15) is 11.7 Å². The van der Waals surface area contributed by atoms with Crippen LogP contribution in [0, 0.1) is 18.3 Å². The number of carbonyl (C=O) groups excluding carboxylic acids is 1. The monoisotopic (exact) mass is 223 g/mol. The van der Waals surface area contributed by atoms with Crippen LogP contribution in [-0.2, 0) is 11.2 Å². The van der Waals surface area contributed by atoms with E-state index in [-0.39, 0.29) is 19.0 Å². The van der Waals surface area contributed by atoms with Crippen LogP contribution < -0.4 is 10.6 Å². The molecule has 0 aromatic carbocycles. The zero-order valence-corrected chi connectivity index (χ0v) is 8.99. The van der Waals surface area contributed by atoms with Gasteiger partial charge in [-0.3, -0.25) is 4.79 Å². The highest BCUT2D eigenvalue weighted by Crippen LogP contribution is 1.95. The van der Waals surface area contributed by atoms with E-state index in [1.807, 2.05) is 6.07 Å². The highest BCUT2D eigenvalue weighted by atomic mass is 16.5. The molecule has 0 saturated heterocycles. The summed E-state index contributed by atoms with van der Waals surface area (Å²) in [5.74, 6) is 0.937. The highest BCUT2D eigenvalue weighted by Gasteiger charge is 2.03. The lowest BCUT2D eigenvalue weighted by atomic mass is 10.4. The van der Waals surface area contributed by atoms with E-state index in [4.69, 9.17) is 9.78 Å². The maximum absolute atomic E-state index is 11.0. The largest absolute Gasteiger partial charge is 0.342 e. The van der Waals surface area contributed by atoms with Crippen molar-refractivity contribution < 1.29 is 9.32 Å². The fraction of sp³-hybridized carbons (Fsp3) is 0.556. The summed E-state index contributed by atoms with van der Waals surface area (Å²) in [6.07, 6.45) is 0.576. The maximum Gasteiger partial charge on any atom is 0.234 e. The Bertz CT molecular complexity index is 381. The molecule has 7 heteroatoms. The first-order chi connectivity index (χ1) is 7.72. The second-order valence-corrected chi connectivity index (χ2v) is 3.10. The molecule has 0 spiro atoms. The van der Waals surface area contributed by atoms with E-state index in [1.165, 1.54) is 0 Å². The van der Waals surface area contributed by atoms with Gasteiger partial charge in [0, 0.05) is 13.0 Å². The summed E-state index contributed by atoms with van der Waals surface area (Å²) >= 11 is 0. The molecule has 0 saturated carbocycles. The van der Waals surface area contributed by atoms with Crippen LogP contribution in [0.15, 0.2) is 4.52 Å². The zero-order chi connectivity index (χ0) is 11.8. The van der Waals surface area contributed by atoms with E-state index in [0.29, 0.717) is 24.7 Å². The summed E-state index contributed by atoms with van der Waals surface area (Å²) in [5.41, 5.74) is 0. The van der Waals surface area contributed by atoms with Gasteiger partial charge in [-0.15, -0.1) is 0 Å². The Morgan fingerprint density at radius 1 is 1.62 bits per heavy atom. The Labute approximate surface area is 92.8 Å². The maximum atomic E-state index is 11.0. The molecule has 16 heavy (non-hydrogen) atoms. The molecule has 1 aromatic rings. The molecule has 0 radical (unpaired) electrons. The number of nitrogens with one attached hydrogen (secondary N) is 2. The van der Waals surface area contributed by atoms with Crippen molar-refractivity contribution in [3.8, 4) is 6.07 Å². The number of carbonyl (C=O) groups is 1. The molecule has 0 aliphatic rings. The molecule has 1 heterocycles. The van der Waals surface area contributed by atoms with E-state index < -0.39 is 0 Å². The predicted octanol–water partition coefficient (Wildman–Crippen LogP) is -0.850. The first-order valence-electron chi connectivity index (χ1n) is 4.86. The predicted molar refractivity (Wildman–Crippen MR) is 54.2 cm³/mol. The molecule has 0 aliphatic carbocycles. The molecular weight excluding hydrogens is 210 g/mol. The SMILES string of the molecule is Cc1noc(CCNCC(=O)NCC#N)n1. The lowest BCUT2D eigenvalue weighted by Crippen LogP contribution is -2.34. The Kier molecular flexibility index (Phi) is 4.95. The lowest BCUT2D eigenvalue weighted by molar-refractivity contribution is -0.120. The molecule has 0 bridgehead atoms. The minimum absolute atomic E-state index is 0.0311. The summed E-state index contributed by atoms with van der Waals surface area (Å²) in [6.45, 7) is 2.52. The van der Waals surface area contributed by atoms with Crippen molar-refractivity contribution in [3.05, 3.63) is 11.7 Å². The number of nitrogens with zero attached hydrogens (tertiary/aromatic N) is 3. The molecule has 0 aliphatic heterocycles. The Hall–Kier alpha value is -1.94. The van der Waals surface area contributed by atoms with E-state index in [2.05, 4.69) is 20.8 Å². The minimum atomic E-state index is -0.205. The Balaban J connectivity index is 2.08. The average molecular weight is 223 g/mol. The Morgan fingerprint density at radius 2 is 2.44 bits per heavy atom. The van der Waals surface area contributed by atoms with E-state index in [1.54, 1.807) is 6.92 Å². The van der Waals surface area contributed by atoms with Gasteiger partial charge in [-0.05, 0) is 6.92 Å². The summed E-state index contributed by atoms with van der Waals surface area (Å²) < 4.78 is 4.89. The normalized spacial score (nSPS) is 9.75. The number of nitriles is 1. The molecular formula is C9H13N5O2. The van der Waals surface area contributed by atoms with Gasteiger partial charge in [0.2, 0.25) is 11.8 Å². The molecule has 0 atom stereocenters. The number of hydrogen-bond donors (Lipinski definition) is 2. The fourth-order valence-electron chi connectivity index (χ4n) is 1.04. The topological polar surface area (TPSA) is 104 Å². The number of rotatable bonds is 6. The van der Waals surface area contributed by atoms with Crippen molar-refractivity contribution in [1.82, 2.24) is 20.8 Å². The van der Waals surface area contributed by atoms with Crippen LogP contribution in [0.2, 0.25) is 0 Å². The molecule has 0 fully saturated rings. The van der Waals surface area contributed by atoms with Gasteiger partial charge < -0.3 is 15.2 Å². The molecule has 1 rings (SSSR count). The van der Waals surface area contributed by atoms with Gasteiger partial charge in [0.15, 0.2) is 5.82 Å². The zero-order valence-electron chi connectivity index (χ0n) is 8.99. The van der Waals surface area contributed by atoms with Crippen molar-refractivity contribution >= 4 is 5.91 Å². The third-order valence-electron chi connectivity index (χ3n) is 1.74. The highest BCUT2D eigenvalue weighted by molar-refractivity contribution is 5.78. The van der Waals surface area contributed by atoms with Crippen LogP contribution in [0.5, 0.6) is 0 Å². The number of aryl methyl sites for hydroxylation is 1. The molecule has 1 amide bonds. The van der Waals surface area contributed by atoms with Crippen molar-refractivity contribution in [1.29, 1.82) is 5.26 Å². The van der Waals surface area contributed by atoms with Crippen molar-refractivity contribution in [2.75, 3.05) is 19.6 Å². The fourth-order valence-corrected chi connectivity index (χ4v) is 1.04. The molecule has 0 unspecified atom stereocenters. The first-order valence-corrected chi connectivity index (χ1v) is 4.86. The molecule has 86 valence electrons.